The van der Waals surface area contributed by atoms with Gasteiger partial charge >= 0.3 is 0 Å². The van der Waals surface area contributed by atoms with Crippen LogP contribution in [0.1, 0.15) is 12.5 Å². The standard InChI is InChI=1S/C12H11Cl2N3O/c1-2-18-12(6-17-8-15-7-16-17)10-4-3-9(13)5-11(10)14/h3-8H,2H2,1H3/b12-6-. The summed E-state index contributed by atoms with van der Waals surface area (Å²) in [6.07, 6.45) is 4.73. The number of hydrogen-bond donors (Lipinski definition) is 0. The summed E-state index contributed by atoms with van der Waals surface area (Å²) in [7, 11) is 0. The van der Waals surface area contributed by atoms with E-state index in [1.165, 1.54) is 6.33 Å². The highest BCUT2D eigenvalue weighted by atomic mass is 35.5. The lowest BCUT2D eigenvalue weighted by molar-refractivity contribution is 0.299. The molecular weight excluding hydrogens is 273 g/mol. The highest BCUT2D eigenvalue weighted by molar-refractivity contribution is 6.35. The van der Waals surface area contributed by atoms with Crippen molar-refractivity contribution in [3.8, 4) is 0 Å². The Bertz CT molecular complexity index is 552. The van der Waals surface area contributed by atoms with E-state index in [4.69, 9.17) is 27.9 Å². The van der Waals surface area contributed by atoms with Crippen LogP contribution in [0.4, 0.5) is 0 Å². The molecule has 0 bridgehead atoms. The van der Waals surface area contributed by atoms with E-state index in [9.17, 15) is 0 Å². The number of hydrogen-bond acceptors (Lipinski definition) is 3. The molecule has 1 heterocycles. The summed E-state index contributed by atoms with van der Waals surface area (Å²) >= 11 is 12.0. The summed E-state index contributed by atoms with van der Waals surface area (Å²) in [5.41, 5.74) is 0.762. The van der Waals surface area contributed by atoms with Crippen LogP contribution in [0.15, 0.2) is 30.9 Å². The Morgan fingerprint density at radius 2 is 2.28 bits per heavy atom. The van der Waals surface area contributed by atoms with Gasteiger partial charge in [0.15, 0.2) is 0 Å². The van der Waals surface area contributed by atoms with Crippen LogP contribution in [0.3, 0.4) is 0 Å². The normalized spacial score (nSPS) is 11.6. The van der Waals surface area contributed by atoms with Gasteiger partial charge in [-0.25, -0.2) is 9.67 Å². The Morgan fingerprint density at radius 3 is 2.89 bits per heavy atom. The van der Waals surface area contributed by atoms with Crippen molar-refractivity contribution in [1.82, 2.24) is 14.8 Å². The van der Waals surface area contributed by atoms with Gasteiger partial charge in [-0.2, -0.15) is 5.10 Å². The van der Waals surface area contributed by atoms with Gasteiger partial charge in [0.1, 0.15) is 18.4 Å². The van der Waals surface area contributed by atoms with Crippen LogP contribution >= 0.6 is 23.2 Å². The average molecular weight is 284 g/mol. The second kappa shape index (κ2) is 5.89. The van der Waals surface area contributed by atoms with Gasteiger partial charge in [0.2, 0.25) is 0 Å². The molecule has 6 heteroatoms. The number of nitrogens with zero attached hydrogens (tertiary/aromatic N) is 3. The Balaban J connectivity index is 2.41. The van der Waals surface area contributed by atoms with Crippen LogP contribution in [0.5, 0.6) is 0 Å². The minimum absolute atomic E-state index is 0.527. The van der Waals surface area contributed by atoms with E-state index < -0.39 is 0 Å². The molecule has 0 N–H and O–H groups in total. The first kappa shape index (κ1) is 12.9. The molecule has 2 rings (SSSR count). The minimum atomic E-state index is 0.527. The Hall–Kier alpha value is -1.52. The highest BCUT2D eigenvalue weighted by Gasteiger charge is 2.08. The molecule has 0 aliphatic carbocycles. The molecule has 18 heavy (non-hydrogen) atoms. The molecule has 0 aliphatic heterocycles. The monoisotopic (exact) mass is 283 g/mol. The fourth-order valence-corrected chi connectivity index (χ4v) is 1.94. The van der Waals surface area contributed by atoms with Crippen LogP contribution in [-0.2, 0) is 4.74 Å². The first-order chi connectivity index (χ1) is 8.70. The number of halogens is 2. The second-order valence-corrected chi connectivity index (χ2v) is 4.27. The van der Waals surface area contributed by atoms with E-state index in [2.05, 4.69) is 10.1 Å². The molecule has 0 spiro atoms. The van der Waals surface area contributed by atoms with Crippen LogP contribution in [0.25, 0.3) is 12.0 Å². The van der Waals surface area contributed by atoms with Crippen molar-refractivity contribution in [2.75, 3.05) is 6.61 Å². The van der Waals surface area contributed by atoms with Crippen LogP contribution in [0.2, 0.25) is 10.0 Å². The van der Waals surface area contributed by atoms with E-state index in [-0.39, 0.29) is 0 Å². The van der Waals surface area contributed by atoms with Crippen LogP contribution < -0.4 is 0 Å². The Kier molecular flexibility index (Phi) is 4.23. The van der Waals surface area contributed by atoms with Crippen LogP contribution in [0, 0.1) is 0 Å². The predicted molar refractivity (Wildman–Crippen MR) is 72.3 cm³/mol. The molecule has 2 aromatic rings. The van der Waals surface area contributed by atoms with Crippen molar-refractivity contribution in [2.45, 2.75) is 6.92 Å². The SMILES string of the molecule is CCO/C(=C\n1cncn1)c1ccc(Cl)cc1Cl. The fourth-order valence-electron chi connectivity index (χ4n) is 1.43. The maximum Gasteiger partial charge on any atom is 0.146 e. The highest BCUT2D eigenvalue weighted by Crippen LogP contribution is 2.28. The molecule has 1 aromatic heterocycles. The van der Waals surface area contributed by atoms with Gasteiger partial charge in [-0.05, 0) is 25.1 Å². The van der Waals surface area contributed by atoms with Gasteiger partial charge in [-0.3, -0.25) is 0 Å². The first-order valence-corrected chi connectivity index (χ1v) is 6.10. The smallest absolute Gasteiger partial charge is 0.146 e. The van der Waals surface area contributed by atoms with E-state index in [0.29, 0.717) is 22.4 Å². The van der Waals surface area contributed by atoms with Gasteiger partial charge in [0.05, 0.1) is 17.8 Å². The zero-order chi connectivity index (χ0) is 13.0. The third-order valence-electron chi connectivity index (χ3n) is 2.18. The van der Waals surface area contributed by atoms with Crippen molar-refractivity contribution >= 4 is 35.2 Å². The van der Waals surface area contributed by atoms with Crippen molar-refractivity contribution in [3.63, 3.8) is 0 Å². The zero-order valence-corrected chi connectivity index (χ0v) is 11.2. The van der Waals surface area contributed by atoms with E-state index in [1.54, 1.807) is 29.3 Å². The van der Waals surface area contributed by atoms with Gasteiger partial charge < -0.3 is 4.74 Å². The molecule has 0 radical (unpaired) electrons. The third kappa shape index (κ3) is 3.03. The summed E-state index contributed by atoms with van der Waals surface area (Å²) in [5.74, 6) is 0.615. The van der Waals surface area contributed by atoms with Crippen molar-refractivity contribution in [3.05, 3.63) is 46.5 Å². The molecule has 0 atom stereocenters. The molecule has 1 aromatic carbocycles. The molecular formula is C12H11Cl2N3O. The van der Waals surface area contributed by atoms with Crippen molar-refractivity contribution in [2.24, 2.45) is 0 Å². The van der Waals surface area contributed by atoms with E-state index in [0.717, 1.165) is 5.56 Å². The fraction of sp³-hybridized carbons (Fsp3) is 0.167. The summed E-state index contributed by atoms with van der Waals surface area (Å²) in [5, 5.41) is 5.10. The number of benzene rings is 1. The Morgan fingerprint density at radius 1 is 1.44 bits per heavy atom. The number of ether oxygens (including phenoxy) is 1. The van der Waals surface area contributed by atoms with Gasteiger partial charge in [-0.1, -0.05) is 23.2 Å². The molecule has 4 nitrogen and oxygen atoms in total. The predicted octanol–water partition coefficient (Wildman–Crippen LogP) is 3.58. The summed E-state index contributed by atoms with van der Waals surface area (Å²) in [4.78, 5) is 3.86. The largest absolute Gasteiger partial charge is 0.492 e. The summed E-state index contributed by atoms with van der Waals surface area (Å²) in [6.45, 7) is 2.43. The molecule has 0 saturated heterocycles. The molecule has 0 aliphatic rings. The van der Waals surface area contributed by atoms with E-state index >= 15 is 0 Å². The minimum Gasteiger partial charge on any atom is -0.492 e. The number of aromatic nitrogens is 3. The first-order valence-electron chi connectivity index (χ1n) is 5.35. The lowest BCUT2D eigenvalue weighted by Crippen LogP contribution is -1.96. The molecule has 0 saturated carbocycles. The second-order valence-electron chi connectivity index (χ2n) is 3.43. The molecule has 0 fully saturated rings. The lowest BCUT2D eigenvalue weighted by Gasteiger charge is -2.10. The van der Waals surface area contributed by atoms with Gasteiger partial charge in [-0.15, -0.1) is 0 Å². The number of rotatable bonds is 4. The molecule has 94 valence electrons. The van der Waals surface area contributed by atoms with Crippen LogP contribution in [-0.4, -0.2) is 21.4 Å². The maximum absolute atomic E-state index is 6.15. The van der Waals surface area contributed by atoms with Gasteiger partial charge in [0, 0.05) is 10.6 Å². The quantitative estimate of drug-likeness (QED) is 0.806. The van der Waals surface area contributed by atoms with E-state index in [1.807, 2.05) is 13.0 Å². The van der Waals surface area contributed by atoms with Crippen molar-refractivity contribution < 1.29 is 4.74 Å². The maximum atomic E-state index is 6.15. The average Bonchev–Trinajstić information content (AvgIpc) is 2.81. The molecule has 0 unspecified atom stereocenters. The van der Waals surface area contributed by atoms with Crippen molar-refractivity contribution in [1.29, 1.82) is 0 Å². The Labute approximate surface area is 115 Å². The zero-order valence-electron chi connectivity index (χ0n) is 9.68. The molecule has 0 amide bonds. The lowest BCUT2D eigenvalue weighted by atomic mass is 10.2. The third-order valence-corrected chi connectivity index (χ3v) is 2.73. The summed E-state index contributed by atoms with van der Waals surface area (Å²) < 4.78 is 7.12. The van der Waals surface area contributed by atoms with Gasteiger partial charge in [0.25, 0.3) is 0 Å². The summed E-state index contributed by atoms with van der Waals surface area (Å²) in [6, 6.07) is 5.24. The topological polar surface area (TPSA) is 39.9 Å².